The molecule has 0 bridgehead atoms. The lowest BCUT2D eigenvalue weighted by Crippen LogP contribution is -2.49. The fraction of sp³-hybridized carbons (Fsp3) is 0.818. The summed E-state index contributed by atoms with van der Waals surface area (Å²) in [6.07, 6.45) is -0.0788. The van der Waals surface area contributed by atoms with Gasteiger partial charge in [0.2, 0.25) is 5.91 Å². The van der Waals surface area contributed by atoms with Gasteiger partial charge in [-0.2, -0.15) is 0 Å². The van der Waals surface area contributed by atoms with E-state index in [0.29, 0.717) is 32.7 Å². The summed E-state index contributed by atoms with van der Waals surface area (Å²) in [6.45, 7) is 4.58. The van der Waals surface area contributed by atoms with Crippen molar-refractivity contribution in [2.24, 2.45) is 0 Å². The Balaban J connectivity index is 2.29. The third-order valence-corrected chi connectivity index (χ3v) is 2.63. The van der Waals surface area contributed by atoms with Gasteiger partial charge in [-0.15, -0.1) is 0 Å². The van der Waals surface area contributed by atoms with Crippen LogP contribution in [0.3, 0.4) is 0 Å². The molecule has 0 aromatic heterocycles. The normalized spacial score (nSPS) is 20.9. The Hall–Kier alpha value is -1.14. The van der Waals surface area contributed by atoms with Crippen molar-refractivity contribution in [3.05, 3.63) is 0 Å². The second kappa shape index (κ2) is 7.24. The smallest absolute Gasteiger partial charge is 0.307 e. The van der Waals surface area contributed by atoms with E-state index in [-0.39, 0.29) is 11.9 Å². The number of nitrogens with zero attached hydrogens (tertiary/aromatic N) is 1. The number of carbonyl (C=O) groups is 2. The van der Waals surface area contributed by atoms with Crippen molar-refractivity contribution in [3.8, 4) is 0 Å². The Kier molecular flexibility index (Phi) is 5.93. The van der Waals surface area contributed by atoms with E-state index in [9.17, 15) is 9.59 Å². The maximum atomic E-state index is 11.4. The number of rotatable bonds is 5. The molecule has 0 aliphatic carbocycles. The molecular formula is C11H20N2O4. The average Bonchev–Trinajstić information content (AvgIpc) is 2.36. The molecule has 1 heterocycles. The van der Waals surface area contributed by atoms with Crippen molar-refractivity contribution in [1.29, 1.82) is 0 Å². The molecule has 0 aromatic carbocycles. The minimum atomic E-state index is -0.434. The van der Waals surface area contributed by atoms with Gasteiger partial charge in [-0.25, -0.2) is 0 Å². The molecule has 17 heavy (non-hydrogen) atoms. The van der Waals surface area contributed by atoms with Gasteiger partial charge >= 0.3 is 5.97 Å². The minimum absolute atomic E-state index is 0.120. The van der Waals surface area contributed by atoms with E-state index in [4.69, 9.17) is 9.47 Å². The zero-order valence-corrected chi connectivity index (χ0v) is 10.4. The number of esters is 1. The van der Waals surface area contributed by atoms with Gasteiger partial charge in [0.1, 0.15) is 6.10 Å². The van der Waals surface area contributed by atoms with Gasteiger partial charge in [-0.05, 0) is 6.92 Å². The van der Waals surface area contributed by atoms with E-state index in [1.807, 2.05) is 4.90 Å². The van der Waals surface area contributed by atoms with Crippen LogP contribution in [0.15, 0.2) is 0 Å². The van der Waals surface area contributed by atoms with Crippen LogP contribution in [0.5, 0.6) is 0 Å². The first-order valence-corrected chi connectivity index (χ1v) is 5.88. The summed E-state index contributed by atoms with van der Waals surface area (Å²) in [7, 11) is 1.59. The Labute approximate surface area is 101 Å². The molecule has 1 rings (SSSR count). The molecule has 0 spiro atoms. The molecule has 1 fully saturated rings. The molecule has 1 aliphatic rings. The van der Waals surface area contributed by atoms with Crippen molar-refractivity contribution in [1.82, 2.24) is 10.2 Å². The first kappa shape index (κ1) is 13.9. The van der Waals surface area contributed by atoms with E-state index in [1.165, 1.54) is 0 Å². The summed E-state index contributed by atoms with van der Waals surface area (Å²) in [4.78, 5) is 24.6. The fourth-order valence-corrected chi connectivity index (χ4v) is 1.71. The van der Waals surface area contributed by atoms with Crippen LogP contribution < -0.4 is 5.32 Å². The van der Waals surface area contributed by atoms with Crippen molar-refractivity contribution < 1.29 is 19.1 Å². The summed E-state index contributed by atoms with van der Waals surface area (Å²) in [5.41, 5.74) is 0. The maximum Gasteiger partial charge on any atom is 0.307 e. The van der Waals surface area contributed by atoms with E-state index in [2.05, 4.69) is 5.32 Å². The Bertz CT molecular complexity index is 270. The SMILES string of the molecule is CCOC(=O)CCN1CCO[C@H](C(=O)NC)C1. The number of hydrogen-bond donors (Lipinski definition) is 1. The largest absolute Gasteiger partial charge is 0.466 e. The molecule has 0 aromatic rings. The fourth-order valence-electron chi connectivity index (χ4n) is 1.71. The first-order valence-electron chi connectivity index (χ1n) is 5.88. The highest BCUT2D eigenvalue weighted by molar-refractivity contribution is 5.80. The van der Waals surface area contributed by atoms with Crippen LogP contribution in [-0.4, -0.2) is 62.8 Å². The summed E-state index contributed by atoms with van der Waals surface area (Å²) >= 11 is 0. The van der Waals surface area contributed by atoms with Crippen LogP contribution in [0.2, 0.25) is 0 Å². The Morgan fingerprint density at radius 3 is 2.94 bits per heavy atom. The first-order chi connectivity index (χ1) is 8.17. The van der Waals surface area contributed by atoms with Crippen LogP contribution in [0.25, 0.3) is 0 Å². The number of carbonyl (C=O) groups excluding carboxylic acids is 2. The molecule has 0 unspecified atom stereocenters. The van der Waals surface area contributed by atoms with Crippen molar-refractivity contribution >= 4 is 11.9 Å². The lowest BCUT2D eigenvalue weighted by Gasteiger charge is -2.31. The van der Waals surface area contributed by atoms with E-state index in [0.717, 1.165) is 6.54 Å². The third kappa shape index (κ3) is 4.70. The van der Waals surface area contributed by atoms with Crippen LogP contribution in [0, 0.1) is 0 Å². The van der Waals surface area contributed by atoms with Gasteiger partial charge in [0.05, 0.1) is 19.6 Å². The number of ether oxygens (including phenoxy) is 2. The molecule has 98 valence electrons. The summed E-state index contributed by atoms with van der Waals surface area (Å²) < 4.78 is 10.2. The summed E-state index contributed by atoms with van der Waals surface area (Å²) in [6, 6.07) is 0. The van der Waals surface area contributed by atoms with E-state index in [1.54, 1.807) is 14.0 Å². The van der Waals surface area contributed by atoms with Gasteiger partial charge in [-0.3, -0.25) is 14.5 Å². The highest BCUT2D eigenvalue weighted by Crippen LogP contribution is 2.06. The predicted octanol–water partition coefficient (Wildman–Crippen LogP) is -0.614. The lowest BCUT2D eigenvalue weighted by atomic mass is 10.2. The maximum absolute atomic E-state index is 11.4. The molecular weight excluding hydrogens is 224 g/mol. The van der Waals surface area contributed by atoms with Crippen molar-refractivity contribution in [3.63, 3.8) is 0 Å². The molecule has 6 heteroatoms. The lowest BCUT2D eigenvalue weighted by molar-refractivity contribution is -0.144. The number of nitrogens with one attached hydrogen (secondary N) is 1. The van der Waals surface area contributed by atoms with E-state index >= 15 is 0 Å². The van der Waals surface area contributed by atoms with Crippen LogP contribution >= 0.6 is 0 Å². The minimum Gasteiger partial charge on any atom is -0.466 e. The van der Waals surface area contributed by atoms with Gasteiger partial charge in [0, 0.05) is 26.7 Å². The van der Waals surface area contributed by atoms with Crippen LogP contribution in [-0.2, 0) is 19.1 Å². The molecule has 1 aliphatic heterocycles. The summed E-state index contributed by atoms with van der Waals surface area (Å²) in [5, 5.41) is 2.56. The predicted molar refractivity (Wildman–Crippen MR) is 61.5 cm³/mol. The zero-order valence-electron chi connectivity index (χ0n) is 10.4. The average molecular weight is 244 g/mol. The quantitative estimate of drug-likeness (QED) is 0.653. The Morgan fingerprint density at radius 2 is 2.29 bits per heavy atom. The molecule has 0 radical (unpaired) electrons. The van der Waals surface area contributed by atoms with Gasteiger partial charge in [-0.1, -0.05) is 0 Å². The van der Waals surface area contributed by atoms with Crippen molar-refractivity contribution in [2.75, 3.05) is 39.9 Å². The Morgan fingerprint density at radius 1 is 1.53 bits per heavy atom. The standard InChI is InChI=1S/C11H20N2O4/c1-3-16-10(14)4-5-13-6-7-17-9(8-13)11(15)12-2/h9H,3-8H2,1-2H3,(H,12,15)/t9-/m0/s1. The second-order valence-corrected chi connectivity index (χ2v) is 3.83. The highest BCUT2D eigenvalue weighted by Gasteiger charge is 2.25. The van der Waals surface area contributed by atoms with Crippen LogP contribution in [0.4, 0.5) is 0 Å². The number of amides is 1. The summed E-state index contributed by atoms with van der Waals surface area (Å²) in [5.74, 6) is -0.318. The highest BCUT2D eigenvalue weighted by atomic mass is 16.5. The number of likely N-dealkylation sites (N-methyl/N-ethyl adjacent to an activating group) is 1. The molecule has 1 amide bonds. The molecule has 6 nitrogen and oxygen atoms in total. The topological polar surface area (TPSA) is 67.9 Å². The number of morpholine rings is 1. The van der Waals surface area contributed by atoms with Gasteiger partial charge in [0.15, 0.2) is 0 Å². The molecule has 0 saturated carbocycles. The van der Waals surface area contributed by atoms with E-state index < -0.39 is 6.10 Å². The molecule has 1 N–H and O–H groups in total. The second-order valence-electron chi connectivity index (χ2n) is 3.83. The monoisotopic (exact) mass is 244 g/mol. The zero-order chi connectivity index (χ0) is 12.7. The van der Waals surface area contributed by atoms with Gasteiger partial charge < -0.3 is 14.8 Å². The third-order valence-electron chi connectivity index (χ3n) is 2.63. The number of hydrogen-bond acceptors (Lipinski definition) is 5. The van der Waals surface area contributed by atoms with Crippen molar-refractivity contribution in [2.45, 2.75) is 19.4 Å². The van der Waals surface area contributed by atoms with Crippen LogP contribution in [0.1, 0.15) is 13.3 Å². The molecule has 1 atom stereocenters. The molecule has 1 saturated heterocycles. The van der Waals surface area contributed by atoms with Gasteiger partial charge in [0.25, 0.3) is 0 Å².